The molecule has 0 unspecified atom stereocenters. The third-order valence-electron chi connectivity index (χ3n) is 3.66. The molecule has 1 aliphatic carbocycles. The first kappa shape index (κ1) is 14.5. The van der Waals surface area contributed by atoms with Crippen molar-refractivity contribution in [3.63, 3.8) is 0 Å². The zero-order chi connectivity index (χ0) is 15.4. The molecule has 3 N–H and O–H groups in total. The molecule has 1 aromatic carbocycles. The Morgan fingerprint density at radius 2 is 2.00 bits per heavy atom. The Balaban J connectivity index is 1.63. The number of carbonyl (C=O) groups excluding carboxylic acids is 1. The standard InChI is InChI=1S/C17H17N3OS/c18-15(8-11-19-13-5-2-1-3-6-13)20-16(21)17(9-10-17)14-7-4-12-22-14/h1-8,11-12,19H,9-10H2,(H2,18,20,21)/b11-8-. The van der Waals surface area contributed by atoms with E-state index in [1.165, 1.54) is 0 Å². The molecule has 112 valence electrons. The lowest BCUT2D eigenvalue weighted by atomic mass is 10.0. The van der Waals surface area contributed by atoms with Gasteiger partial charge in [0.25, 0.3) is 5.91 Å². The molecular weight excluding hydrogens is 294 g/mol. The quantitative estimate of drug-likeness (QED) is 0.657. The highest BCUT2D eigenvalue weighted by Crippen LogP contribution is 2.50. The zero-order valence-corrected chi connectivity index (χ0v) is 12.8. The number of nitrogens with one attached hydrogen (secondary N) is 1. The summed E-state index contributed by atoms with van der Waals surface area (Å²) in [6, 6.07) is 13.7. The molecule has 3 rings (SSSR count). The van der Waals surface area contributed by atoms with E-state index in [4.69, 9.17) is 5.73 Å². The molecule has 0 spiro atoms. The number of hydrogen-bond donors (Lipinski definition) is 2. The predicted octanol–water partition coefficient (Wildman–Crippen LogP) is 3.29. The van der Waals surface area contributed by atoms with Crippen molar-refractivity contribution in [2.75, 3.05) is 5.32 Å². The van der Waals surface area contributed by atoms with Crippen LogP contribution < -0.4 is 11.1 Å². The van der Waals surface area contributed by atoms with Gasteiger partial charge in [-0.05, 0) is 42.5 Å². The Kier molecular flexibility index (Phi) is 4.06. The van der Waals surface area contributed by atoms with E-state index in [2.05, 4.69) is 10.3 Å². The molecule has 4 nitrogen and oxygen atoms in total. The van der Waals surface area contributed by atoms with Crippen LogP contribution in [0.1, 0.15) is 17.7 Å². The van der Waals surface area contributed by atoms with Crippen molar-refractivity contribution < 1.29 is 4.79 Å². The Bertz CT molecular complexity index is 701. The summed E-state index contributed by atoms with van der Waals surface area (Å²) in [7, 11) is 0. The minimum atomic E-state index is -0.417. The second-order valence-corrected chi connectivity index (χ2v) is 6.19. The lowest BCUT2D eigenvalue weighted by Gasteiger charge is -2.07. The number of rotatable bonds is 5. The maximum Gasteiger partial charge on any atom is 0.259 e. The second-order valence-electron chi connectivity index (χ2n) is 5.24. The van der Waals surface area contributed by atoms with Crippen LogP contribution in [0.5, 0.6) is 0 Å². The Morgan fingerprint density at radius 1 is 1.23 bits per heavy atom. The molecule has 2 aromatic rings. The van der Waals surface area contributed by atoms with Crippen LogP contribution in [0.25, 0.3) is 0 Å². The van der Waals surface area contributed by atoms with Crippen LogP contribution in [-0.2, 0) is 10.2 Å². The van der Waals surface area contributed by atoms with Gasteiger partial charge < -0.3 is 11.1 Å². The third kappa shape index (κ3) is 3.09. The molecule has 0 bridgehead atoms. The van der Waals surface area contributed by atoms with Gasteiger partial charge in [0.05, 0.1) is 5.41 Å². The van der Waals surface area contributed by atoms with Gasteiger partial charge in [-0.3, -0.25) is 4.79 Å². The maximum atomic E-state index is 12.4. The Labute approximate surface area is 133 Å². The van der Waals surface area contributed by atoms with Crippen LogP contribution in [0.4, 0.5) is 5.69 Å². The number of para-hydroxylation sites is 1. The van der Waals surface area contributed by atoms with Crippen molar-refractivity contribution in [2.24, 2.45) is 10.7 Å². The van der Waals surface area contributed by atoms with Crippen LogP contribution in [0.2, 0.25) is 0 Å². The van der Waals surface area contributed by atoms with Crippen LogP contribution in [0.15, 0.2) is 65.1 Å². The van der Waals surface area contributed by atoms with Crippen LogP contribution in [0, 0.1) is 0 Å². The molecule has 22 heavy (non-hydrogen) atoms. The fourth-order valence-electron chi connectivity index (χ4n) is 2.26. The number of carbonyl (C=O) groups is 1. The number of nitrogens with two attached hydrogens (primary N) is 1. The molecule has 1 aliphatic rings. The first-order chi connectivity index (χ1) is 10.7. The van der Waals surface area contributed by atoms with Crippen LogP contribution >= 0.6 is 11.3 Å². The summed E-state index contributed by atoms with van der Waals surface area (Å²) >= 11 is 1.60. The van der Waals surface area contributed by atoms with Crippen LogP contribution in [0.3, 0.4) is 0 Å². The largest absolute Gasteiger partial charge is 0.384 e. The molecule has 0 radical (unpaired) electrons. The number of benzene rings is 1. The van der Waals surface area contributed by atoms with E-state index in [-0.39, 0.29) is 11.7 Å². The van der Waals surface area contributed by atoms with Gasteiger partial charge in [0.1, 0.15) is 5.84 Å². The summed E-state index contributed by atoms with van der Waals surface area (Å²) < 4.78 is 0. The summed E-state index contributed by atoms with van der Waals surface area (Å²) in [5, 5.41) is 5.07. The van der Waals surface area contributed by atoms with E-state index in [0.717, 1.165) is 23.4 Å². The maximum absolute atomic E-state index is 12.4. The lowest BCUT2D eigenvalue weighted by Crippen LogP contribution is -2.21. The van der Waals surface area contributed by atoms with E-state index in [1.807, 2.05) is 47.8 Å². The van der Waals surface area contributed by atoms with Crippen molar-refractivity contribution in [1.82, 2.24) is 0 Å². The van der Waals surface area contributed by atoms with E-state index in [1.54, 1.807) is 23.6 Å². The number of aliphatic imine (C=N–C) groups is 1. The average Bonchev–Trinajstić information content (AvgIpc) is 3.16. The van der Waals surface area contributed by atoms with Gasteiger partial charge in [0.2, 0.25) is 0 Å². The second kappa shape index (κ2) is 6.15. The van der Waals surface area contributed by atoms with Crippen molar-refractivity contribution >= 4 is 28.8 Å². The van der Waals surface area contributed by atoms with Crippen molar-refractivity contribution in [2.45, 2.75) is 18.3 Å². The number of amidine groups is 1. The van der Waals surface area contributed by atoms with E-state index in [0.29, 0.717) is 0 Å². The minimum Gasteiger partial charge on any atom is -0.384 e. The van der Waals surface area contributed by atoms with Gasteiger partial charge in [0, 0.05) is 16.8 Å². The Hall–Kier alpha value is -2.40. The van der Waals surface area contributed by atoms with Gasteiger partial charge in [-0.1, -0.05) is 24.3 Å². The molecule has 0 saturated heterocycles. The average molecular weight is 311 g/mol. The Morgan fingerprint density at radius 3 is 2.64 bits per heavy atom. The monoisotopic (exact) mass is 311 g/mol. The van der Waals surface area contributed by atoms with Crippen molar-refractivity contribution in [1.29, 1.82) is 0 Å². The molecule has 0 aliphatic heterocycles. The SMILES string of the molecule is NC(/C=C\Nc1ccccc1)=NC(=O)C1(c2cccs2)CC1. The molecule has 1 fully saturated rings. The smallest absolute Gasteiger partial charge is 0.259 e. The van der Waals surface area contributed by atoms with E-state index in [9.17, 15) is 4.79 Å². The molecular formula is C17H17N3OS. The highest BCUT2D eigenvalue weighted by molar-refractivity contribution is 7.10. The molecule has 1 aromatic heterocycles. The fraction of sp³-hybridized carbons (Fsp3) is 0.176. The molecule has 5 heteroatoms. The summed E-state index contributed by atoms with van der Waals surface area (Å²) in [6.07, 6.45) is 5.01. The highest BCUT2D eigenvalue weighted by Gasteiger charge is 2.52. The first-order valence-electron chi connectivity index (χ1n) is 7.11. The molecule has 1 saturated carbocycles. The van der Waals surface area contributed by atoms with Gasteiger partial charge >= 0.3 is 0 Å². The lowest BCUT2D eigenvalue weighted by molar-refractivity contribution is -0.120. The molecule has 1 amide bonds. The fourth-order valence-corrected chi connectivity index (χ4v) is 3.24. The number of nitrogens with zero attached hydrogens (tertiary/aromatic N) is 1. The van der Waals surface area contributed by atoms with Crippen molar-refractivity contribution in [3.05, 3.63) is 65.0 Å². The zero-order valence-electron chi connectivity index (χ0n) is 12.0. The summed E-state index contributed by atoms with van der Waals surface area (Å²) in [5.41, 5.74) is 6.36. The highest BCUT2D eigenvalue weighted by atomic mass is 32.1. The van der Waals surface area contributed by atoms with Gasteiger partial charge in [0.15, 0.2) is 0 Å². The number of hydrogen-bond acceptors (Lipinski definition) is 3. The molecule has 0 atom stereocenters. The predicted molar refractivity (Wildman–Crippen MR) is 91.1 cm³/mol. The van der Waals surface area contributed by atoms with Gasteiger partial charge in [-0.2, -0.15) is 4.99 Å². The van der Waals surface area contributed by atoms with Gasteiger partial charge in [-0.25, -0.2) is 0 Å². The topological polar surface area (TPSA) is 67.5 Å². The van der Waals surface area contributed by atoms with E-state index < -0.39 is 5.41 Å². The van der Waals surface area contributed by atoms with Crippen LogP contribution in [-0.4, -0.2) is 11.7 Å². The summed E-state index contributed by atoms with van der Waals surface area (Å²) in [4.78, 5) is 17.5. The first-order valence-corrected chi connectivity index (χ1v) is 7.99. The summed E-state index contributed by atoms with van der Waals surface area (Å²) in [6.45, 7) is 0. The minimum absolute atomic E-state index is 0.142. The number of amides is 1. The van der Waals surface area contributed by atoms with Gasteiger partial charge in [-0.15, -0.1) is 11.3 Å². The summed E-state index contributed by atoms with van der Waals surface area (Å²) in [5.74, 6) is 0.0769. The third-order valence-corrected chi connectivity index (χ3v) is 4.73. The normalized spacial score (nSPS) is 16.6. The number of thiophene rings is 1. The van der Waals surface area contributed by atoms with E-state index >= 15 is 0 Å². The van der Waals surface area contributed by atoms with Crippen molar-refractivity contribution in [3.8, 4) is 0 Å². The molecule has 1 heterocycles. The number of anilines is 1.